The standard InChI is InChI=1S/C17H21N3OS/c1-3-16(21)14-6-4-13(5-7-14)15-12-22-17(18-15)20-10-8-19(2)9-11-20/h4-7,12H,3,8-11H2,1-2H3. The van der Waals surface area contributed by atoms with E-state index in [0.29, 0.717) is 6.42 Å². The highest BCUT2D eigenvalue weighted by atomic mass is 32.1. The Morgan fingerprint density at radius 3 is 2.50 bits per heavy atom. The lowest BCUT2D eigenvalue weighted by Crippen LogP contribution is -2.44. The fraction of sp³-hybridized carbons (Fsp3) is 0.412. The monoisotopic (exact) mass is 315 g/mol. The molecule has 0 aliphatic carbocycles. The first kappa shape index (κ1) is 15.2. The van der Waals surface area contributed by atoms with Crippen LogP contribution in [0, 0.1) is 0 Å². The van der Waals surface area contributed by atoms with E-state index in [1.165, 1.54) is 0 Å². The van der Waals surface area contributed by atoms with Crippen molar-refractivity contribution >= 4 is 22.3 Å². The summed E-state index contributed by atoms with van der Waals surface area (Å²) in [7, 11) is 2.16. The van der Waals surface area contributed by atoms with Crippen LogP contribution in [0.5, 0.6) is 0 Å². The predicted octanol–water partition coefficient (Wildman–Crippen LogP) is 3.15. The minimum absolute atomic E-state index is 0.183. The normalized spacial score (nSPS) is 16.0. The molecule has 1 aliphatic heterocycles. The molecule has 116 valence electrons. The third kappa shape index (κ3) is 3.20. The van der Waals surface area contributed by atoms with E-state index in [1.807, 2.05) is 31.2 Å². The van der Waals surface area contributed by atoms with Gasteiger partial charge in [-0.3, -0.25) is 4.79 Å². The molecule has 4 nitrogen and oxygen atoms in total. The van der Waals surface area contributed by atoms with E-state index in [4.69, 9.17) is 4.98 Å². The summed E-state index contributed by atoms with van der Waals surface area (Å²) < 4.78 is 0. The van der Waals surface area contributed by atoms with Gasteiger partial charge in [0.15, 0.2) is 10.9 Å². The first-order chi connectivity index (χ1) is 10.7. The number of likely N-dealkylation sites (N-methyl/N-ethyl adjacent to an activating group) is 1. The van der Waals surface area contributed by atoms with Crippen molar-refractivity contribution in [2.24, 2.45) is 0 Å². The van der Waals surface area contributed by atoms with Gasteiger partial charge in [0, 0.05) is 49.1 Å². The lowest BCUT2D eigenvalue weighted by Gasteiger charge is -2.32. The highest BCUT2D eigenvalue weighted by Gasteiger charge is 2.17. The topological polar surface area (TPSA) is 36.4 Å². The summed E-state index contributed by atoms with van der Waals surface area (Å²) in [5, 5.41) is 3.20. The van der Waals surface area contributed by atoms with Crippen LogP contribution in [0.1, 0.15) is 23.7 Å². The second kappa shape index (κ2) is 6.58. The second-order valence-electron chi connectivity index (χ2n) is 5.66. The van der Waals surface area contributed by atoms with E-state index in [2.05, 4.69) is 22.2 Å². The number of hydrogen-bond donors (Lipinski definition) is 0. The van der Waals surface area contributed by atoms with Crippen molar-refractivity contribution in [2.45, 2.75) is 13.3 Å². The van der Waals surface area contributed by atoms with Gasteiger partial charge in [-0.2, -0.15) is 0 Å². The zero-order chi connectivity index (χ0) is 15.5. The molecule has 1 aliphatic rings. The van der Waals surface area contributed by atoms with Gasteiger partial charge >= 0.3 is 0 Å². The Hall–Kier alpha value is -1.72. The van der Waals surface area contributed by atoms with Gasteiger partial charge in [0.05, 0.1) is 5.69 Å². The summed E-state index contributed by atoms with van der Waals surface area (Å²) >= 11 is 1.70. The number of anilines is 1. The van der Waals surface area contributed by atoms with Gasteiger partial charge in [-0.15, -0.1) is 11.3 Å². The molecule has 2 aromatic rings. The number of hydrogen-bond acceptors (Lipinski definition) is 5. The van der Waals surface area contributed by atoms with E-state index in [0.717, 1.165) is 48.1 Å². The maximum Gasteiger partial charge on any atom is 0.185 e. The average molecular weight is 315 g/mol. The third-order valence-electron chi connectivity index (χ3n) is 4.09. The minimum atomic E-state index is 0.183. The summed E-state index contributed by atoms with van der Waals surface area (Å²) in [6.45, 7) is 6.13. The Labute approximate surface area is 135 Å². The number of carbonyl (C=O) groups excluding carboxylic acids is 1. The smallest absolute Gasteiger partial charge is 0.185 e. The zero-order valence-corrected chi connectivity index (χ0v) is 13.9. The van der Waals surface area contributed by atoms with Crippen LogP contribution in [0.4, 0.5) is 5.13 Å². The molecule has 0 atom stereocenters. The van der Waals surface area contributed by atoms with Crippen LogP contribution in [0.15, 0.2) is 29.6 Å². The number of Topliss-reactive ketones (excluding diaryl/α,β-unsaturated/α-hetero) is 1. The van der Waals surface area contributed by atoms with E-state index in [9.17, 15) is 4.79 Å². The number of benzene rings is 1. The van der Waals surface area contributed by atoms with E-state index in [-0.39, 0.29) is 5.78 Å². The number of nitrogens with zero attached hydrogens (tertiary/aromatic N) is 3. The maximum absolute atomic E-state index is 11.7. The van der Waals surface area contributed by atoms with E-state index in [1.54, 1.807) is 11.3 Å². The first-order valence-electron chi connectivity index (χ1n) is 7.70. The van der Waals surface area contributed by atoms with Crippen molar-refractivity contribution in [2.75, 3.05) is 38.1 Å². The highest BCUT2D eigenvalue weighted by molar-refractivity contribution is 7.14. The molecular weight excluding hydrogens is 294 g/mol. The largest absolute Gasteiger partial charge is 0.346 e. The maximum atomic E-state index is 11.7. The van der Waals surface area contributed by atoms with E-state index >= 15 is 0 Å². The van der Waals surface area contributed by atoms with Gasteiger partial charge in [0.2, 0.25) is 0 Å². The number of aromatic nitrogens is 1. The van der Waals surface area contributed by atoms with Crippen molar-refractivity contribution in [1.82, 2.24) is 9.88 Å². The molecule has 0 amide bonds. The second-order valence-corrected chi connectivity index (χ2v) is 6.50. The van der Waals surface area contributed by atoms with Crippen LogP contribution in [0.3, 0.4) is 0 Å². The summed E-state index contributed by atoms with van der Waals surface area (Å²) in [5.74, 6) is 0.183. The predicted molar refractivity (Wildman–Crippen MR) is 91.9 cm³/mol. The number of ketones is 1. The molecule has 1 aromatic carbocycles. The lowest BCUT2D eigenvalue weighted by atomic mass is 10.1. The van der Waals surface area contributed by atoms with Crippen LogP contribution < -0.4 is 4.90 Å². The number of thiazole rings is 1. The van der Waals surface area contributed by atoms with Crippen LogP contribution in [-0.2, 0) is 0 Å². The average Bonchev–Trinajstić information content (AvgIpc) is 3.05. The van der Waals surface area contributed by atoms with Gasteiger partial charge in [-0.05, 0) is 7.05 Å². The van der Waals surface area contributed by atoms with E-state index < -0.39 is 0 Å². The quantitative estimate of drug-likeness (QED) is 0.812. The summed E-state index contributed by atoms with van der Waals surface area (Å²) in [5.41, 5.74) is 2.85. The molecule has 0 radical (unpaired) electrons. The van der Waals surface area contributed by atoms with Gasteiger partial charge in [0.1, 0.15) is 0 Å². The Balaban J connectivity index is 1.74. The Morgan fingerprint density at radius 1 is 1.18 bits per heavy atom. The molecule has 0 spiro atoms. The molecule has 0 saturated carbocycles. The van der Waals surface area contributed by atoms with Crippen LogP contribution in [-0.4, -0.2) is 48.9 Å². The zero-order valence-electron chi connectivity index (χ0n) is 13.1. The molecule has 1 fully saturated rings. The SMILES string of the molecule is CCC(=O)c1ccc(-c2csc(N3CCN(C)CC3)n2)cc1. The molecule has 0 unspecified atom stereocenters. The lowest BCUT2D eigenvalue weighted by molar-refractivity contribution is 0.0988. The summed E-state index contributed by atoms with van der Waals surface area (Å²) in [4.78, 5) is 21.1. The Kier molecular flexibility index (Phi) is 4.55. The summed E-state index contributed by atoms with van der Waals surface area (Å²) in [6.07, 6.45) is 0.545. The molecule has 1 aromatic heterocycles. The van der Waals surface area contributed by atoms with Crippen molar-refractivity contribution < 1.29 is 4.79 Å². The molecular formula is C17H21N3OS. The molecule has 0 N–H and O–H groups in total. The van der Waals surface area contributed by atoms with Crippen LogP contribution >= 0.6 is 11.3 Å². The van der Waals surface area contributed by atoms with Crippen molar-refractivity contribution in [3.05, 3.63) is 35.2 Å². The number of piperazine rings is 1. The molecule has 22 heavy (non-hydrogen) atoms. The Morgan fingerprint density at radius 2 is 1.86 bits per heavy atom. The molecule has 5 heteroatoms. The number of rotatable bonds is 4. The molecule has 0 bridgehead atoms. The summed E-state index contributed by atoms with van der Waals surface area (Å²) in [6, 6.07) is 7.78. The number of carbonyl (C=O) groups is 1. The van der Waals surface area contributed by atoms with Crippen LogP contribution in [0.25, 0.3) is 11.3 Å². The molecule has 3 rings (SSSR count). The van der Waals surface area contributed by atoms with Gasteiger partial charge in [-0.1, -0.05) is 31.2 Å². The van der Waals surface area contributed by atoms with Crippen molar-refractivity contribution in [3.8, 4) is 11.3 Å². The van der Waals surface area contributed by atoms with Crippen LogP contribution in [0.2, 0.25) is 0 Å². The van der Waals surface area contributed by atoms with Gasteiger partial charge in [0.25, 0.3) is 0 Å². The van der Waals surface area contributed by atoms with Crippen molar-refractivity contribution in [1.29, 1.82) is 0 Å². The molecule has 1 saturated heterocycles. The minimum Gasteiger partial charge on any atom is -0.346 e. The van der Waals surface area contributed by atoms with Gasteiger partial charge in [-0.25, -0.2) is 4.98 Å². The fourth-order valence-electron chi connectivity index (χ4n) is 2.57. The van der Waals surface area contributed by atoms with Crippen molar-refractivity contribution in [3.63, 3.8) is 0 Å². The first-order valence-corrected chi connectivity index (χ1v) is 8.58. The fourth-order valence-corrected chi connectivity index (χ4v) is 3.46. The highest BCUT2D eigenvalue weighted by Crippen LogP contribution is 2.28. The van der Waals surface area contributed by atoms with Gasteiger partial charge < -0.3 is 9.80 Å². The molecule has 2 heterocycles. The third-order valence-corrected chi connectivity index (χ3v) is 4.99. The Bertz CT molecular complexity index is 642.